The van der Waals surface area contributed by atoms with Crippen molar-refractivity contribution in [2.24, 2.45) is 0 Å². The number of fused-ring (bicyclic) bond motifs is 1. The van der Waals surface area contributed by atoms with Crippen LogP contribution in [0.2, 0.25) is 0 Å². The third kappa shape index (κ3) is 5.35. The molecule has 2 aromatic rings. The quantitative estimate of drug-likeness (QED) is 0.574. The van der Waals surface area contributed by atoms with Crippen LogP contribution in [0, 0.1) is 0 Å². The van der Waals surface area contributed by atoms with Gasteiger partial charge in [0.25, 0.3) is 5.92 Å². The van der Waals surface area contributed by atoms with Gasteiger partial charge in [-0.2, -0.15) is 0 Å². The van der Waals surface area contributed by atoms with Gasteiger partial charge in [0.2, 0.25) is 5.88 Å². The fourth-order valence-corrected chi connectivity index (χ4v) is 4.39. The highest BCUT2D eigenvalue weighted by atomic mass is 19.3. The van der Waals surface area contributed by atoms with Crippen molar-refractivity contribution in [3.8, 4) is 5.88 Å². The molecule has 11 heteroatoms. The van der Waals surface area contributed by atoms with Gasteiger partial charge in [0.1, 0.15) is 5.82 Å². The smallest absolute Gasteiger partial charge is 0.320 e. The highest BCUT2D eigenvalue weighted by Crippen LogP contribution is 2.31. The van der Waals surface area contributed by atoms with E-state index in [4.69, 9.17) is 4.74 Å². The number of aliphatic carboxylic acids is 1. The zero-order valence-corrected chi connectivity index (χ0v) is 18.8. The lowest BCUT2D eigenvalue weighted by atomic mass is 10.0. The standard InChI is InChI=1S/C23H27F2N5O4/c1-34-19-7-5-16(13-27-19)18(11-20(31)32)30-10-9-29(22(30)33)14-23(24,25)12-17-6-4-15-3-2-8-26-21(15)28-17/h4-7,13,18H,2-3,8-12,14H2,1H3,(H,26,28)(H,31,32)/t18-/m0/s1. The minimum absolute atomic E-state index is 0.0767. The number of carboxylic acids is 1. The molecule has 2 amide bonds. The van der Waals surface area contributed by atoms with Crippen LogP contribution in [0.5, 0.6) is 5.88 Å². The number of hydrogen-bond donors (Lipinski definition) is 2. The fraction of sp³-hybridized carbons (Fsp3) is 0.478. The van der Waals surface area contributed by atoms with Crippen molar-refractivity contribution in [2.45, 2.75) is 37.6 Å². The Morgan fingerprint density at radius 1 is 1.29 bits per heavy atom. The molecule has 2 aliphatic heterocycles. The summed E-state index contributed by atoms with van der Waals surface area (Å²) in [4.78, 5) is 35.3. The van der Waals surface area contributed by atoms with E-state index in [9.17, 15) is 23.5 Å². The molecule has 0 aliphatic carbocycles. The minimum atomic E-state index is -3.19. The van der Waals surface area contributed by atoms with E-state index in [1.165, 1.54) is 18.2 Å². The van der Waals surface area contributed by atoms with Crippen LogP contribution in [0.4, 0.5) is 19.4 Å². The number of rotatable bonds is 9. The van der Waals surface area contributed by atoms with Gasteiger partial charge in [-0.25, -0.2) is 23.5 Å². The first-order valence-electron chi connectivity index (χ1n) is 11.1. The van der Waals surface area contributed by atoms with Crippen molar-refractivity contribution >= 4 is 17.8 Å². The van der Waals surface area contributed by atoms with E-state index in [0.29, 0.717) is 17.3 Å². The number of pyridine rings is 2. The number of alkyl halides is 2. The number of amides is 2. The molecule has 34 heavy (non-hydrogen) atoms. The van der Waals surface area contributed by atoms with Crippen molar-refractivity contribution in [1.82, 2.24) is 19.8 Å². The van der Waals surface area contributed by atoms with Gasteiger partial charge < -0.3 is 25.0 Å². The highest BCUT2D eigenvalue weighted by molar-refractivity contribution is 5.78. The largest absolute Gasteiger partial charge is 0.481 e. The number of urea groups is 1. The molecule has 0 spiro atoms. The van der Waals surface area contributed by atoms with Crippen LogP contribution in [0.1, 0.15) is 35.7 Å². The topological polar surface area (TPSA) is 108 Å². The van der Waals surface area contributed by atoms with Crippen LogP contribution in [-0.4, -0.2) is 76.1 Å². The Morgan fingerprint density at radius 3 is 2.82 bits per heavy atom. The maximum Gasteiger partial charge on any atom is 0.320 e. The number of nitrogens with one attached hydrogen (secondary N) is 1. The van der Waals surface area contributed by atoms with E-state index in [2.05, 4.69) is 15.3 Å². The first-order chi connectivity index (χ1) is 16.3. The van der Waals surface area contributed by atoms with Crippen molar-refractivity contribution in [3.63, 3.8) is 0 Å². The fourth-order valence-electron chi connectivity index (χ4n) is 4.39. The lowest BCUT2D eigenvalue weighted by Gasteiger charge is -2.28. The average molecular weight is 475 g/mol. The summed E-state index contributed by atoms with van der Waals surface area (Å²) in [6.07, 6.45) is 2.33. The van der Waals surface area contributed by atoms with Gasteiger partial charge in [0.15, 0.2) is 0 Å². The molecule has 1 saturated heterocycles. The number of carboxylic acid groups (broad SMARTS) is 1. The number of halogens is 2. The number of aromatic nitrogens is 2. The highest BCUT2D eigenvalue weighted by Gasteiger charge is 2.41. The van der Waals surface area contributed by atoms with Crippen LogP contribution < -0.4 is 10.1 Å². The van der Waals surface area contributed by atoms with Gasteiger partial charge >= 0.3 is 12.0 Å². The normalized spacial score (nSPS) is 16.7. The predicted octanol–water partition coefficient (Wildman–Crippen LogP) is 2.97. The summed E-state index contributed by atoms with van der Waals surface area (Å²) in [6, 6.07) is 5.17. The van der Waals surface area contributed by atoms with Crippen LogP contribution in [-0.2, 0) is 17.6 Å². The second kappa shape index (κ2) is 9.78. The van der Waals surface area contributed by atoms with Crippen molar-refractivity contribution in [2.75, 3.05) is 38.6 Å². The number of anilines is 1. The van der Waals surface area contributed by atoms with Gasteiger partial charge in [-0.3, -0.25) is 4.79 Å². The summed E-state index contributed by atoms with van der Waals surface area (Å²) in [6.45, 7) is 0.210. The second-order valence-electron chi connectivity index (χ2n) is 8.52. The monoisotopic (exact) mass is 475 g/mol. The second-order valence-corrected chi connectivity index (χ2v) is 8.52. The summed E-state index contributed by atoms with van der Waals surface area (Å²) in [5.41, 5.74) is 1.77. The van der Waals surface area contributed by atoms with E-state index in [-0.39, 0.29) is 25.2 Å². The number of methoxy groups -OCH3 is 1. The third-order valence-electron chi connectivity index (χ3n) is 6.04. The molecular formula is C23H27F2N5O4. The molecule has 9 nitrogen and oxygen atoms in total. The molecule has 4 heterocycles. The molecule has 0 saturated carbocycles. The lowest BCUT2D eigenvalue weighted by Crippen LogP contribution is -2.42. The van der Waals surface area contributed by atoms with Crippen molar-refractivity contribution in [3.05, 3.63) is 47.3 Å². The van der Waals surface area contributed by atoms with E-state index < -0.39 is 36.9 Å². The van der Waals surface area contributed by atoms with Gasteiger partial charge in [-0.15, -0.1) is 0 Å². The Kier molecular flexibility index (Phi) is 6.80. The van der Waals surface area contributed by atoms with Gasteiger partial charge in [-0.1, -0.05) is 12.1 Å². The average Bonchev–Trinajstić information content (AvgIpc) is 3.16. The molecule has 4 rings (SSSR count). The third-order valence-corrected chi connectivity index (χ3v) is 6.04. The summed E-state index contributed by atoms with van der Waals surface area (Å²) in [5.74, 6) is -3.30. The maximum absolute atomic E-state index is 14.9. The molecule has 0 aromatic carbocycles. The SMILES string of the molecule is COc1ccc([C@H](CC(=O)O)N2CCN(CC(F)(F)Cc3ccc4c(n3)NCCC4)C2=O)cn1. The van der Waals surface area contributed by atoms with Crippen molar-refractivity contribution in [1.29, 1.82) is 0 Å². The first kappa shape index (κ1) is 23.7. The van der Waals surface area contributed by atoms with E-state index in [1.54, 1.807) is 18.2 Å². The Labute approximate surface area is 195 Å². The molecule has 1 atom stereocenters. The number of carbonyl (C=O) groups excluding carboxylic acids is 1. The zero-order valence-electron chi connectivity index (χ0n) is 18.8. The van der Waals surface area contributed by atoms with Crippen molar-refractivity contribution < 1.29 is 28.2 Å². The van der Waals surface area contributed by atoms with Crippen LogP contribution in [0.15, 0.2) is 30.5 Å². The summed E-state index contributed by atoms with van der Waals surface area (Å²) >= 11 is 0. The number of hydrogen-bond acceptors (Lipinski definition) is 6. The molecule has 0 bridgehead atoms. The minimum Gasteiger partial charge on any atom is -0.481 e. The van der Waals surface area contributed by atoms with Crippen LogP contribution >= 0.6 is 0 Å². The van der Waals surface area contributed by atoms with Crippen LogP contribution in [0.3, 0.4) is 0 Å². The molecule has 0 unspecified atom stereocenters. The molecule has 2 aromatic heterocycles. The predicted molar refractivity (Wildman–Crippen MR) is 119 cm³/mol. The molecule has 2 N–H and O–H groups in total. The van der Waals surface area contributed by atoms with Gasteiger partial charge in [-0.05, 0) is 30.0 Å². The van der Waals surface area contributed by atoms with E-state index >= 15 is 0 Å². The Bertz CT molecular complexity index is 1050. The lowest BCUT2D eigenvalue weighted by molar-refractivity contribution is -0.138. The zero-order chi connectivity index (χ0) is 24.3. The van der Waals surface area contributed by atoms with E-state index in [1.807, 2.05) is 6.07 Å². The van der Waals surface area contributed by atoms with Gasteiger partial charge in [0, 0.05) is 37.6 Å². The summed E-state index contributed by atoms with van der Waals surface area (Å²) in [5, 5.41) is 12.5. The number of carbonyl (C=O) groups is 2. The summed E-state index contributed by atoms with van der Waals surface area (Å²) in [7, 11) is 1.45. The van der Waals surface area contributed by atoms with E-state index in [0.717, 1.165) is 29.8 Å². The Balaban J connectivity index is 1.45. The number of nitrogens with zero attached hydrogens (tertiary/aromatic N) is 4. The summed E-state index contributed by atoms with van der Waals surface area (Å²) < 4.78 is 34.9. The maximum atomic E-state index is 14.9. The molecule has 1 fully saturated rings. The van der Waals surface area contributed by atoms with Gasteiger partial charge in [0.05, 0.1) is 32.5 Å². The Morgan fingerprint density at radius 2 is 2.12 bits per heavy atom. The number of ether oxygens (including phenoxy) is 1. The Hall–Kier alpha value is -3.50. The molecule has 182 valence electrons. The molecule has 2 aliphatic rings. The first-order valence-corrected chi connectivity index (χ1v) is 11.1. The molecule has 0 radical (unpaired) electrons. The van der Waals surface area contributed by atoms with Crippen LogP contribution in [0.25, 0.3) is 0 Å². The number of aryl methyl sites for hydroxylation is 1. The molecular weight excluding hydrogens is 448 g/mol.